The predicted molar refractivity (Wildman–Crippen MR) is 69.6 cm³/mol. The molecule has 0 fully saturated rings. The second-order valence-electron chi connectivity index (χ2n) is 3.84. The first-order valence-electron chi connectivity index (χ1n) is 5.56. The van der Waals surface area contributed by atoms with Gasteiger partial charge in [-0.05, 0) is 13.0 Å². The number of imide groups is 1. The van der Waals surface area contributed by atoms with Crippen molar-refractivity contribution in [3.05, 3.63) is 35.4 Å². The van der Waals surface area contributed by atoms with Gasteiger partial charge in [0.1, 0.15) is 11.6 Å². The molecule has 0 aliphatic rings. The second-order valence-corrected chi connectivity index (χ2v) is 5.29. The van der Waals surface area contributed by atoms with E-state index >= 15 is 0 Å². The number of halogens is 2. The predicted octanol–water partition coefficient (Wildman–Crippen LogP) is 2.34. The molecule has 4 nitrogen and oxygen atoms in total. The number of benzene rings is 1. The van der Waals surface area contributed by atoms with Crippen molar-refractivity contribution < 1.29 is 18.4 Å². The normalized spacial score (nSPS) is 11.9. The molecule has 19 heavy (non-hydrogen) atoms. The number of primary amides is 1. The van der Waals surface area contributed by atoms with Crippen LogP contribution in [0.25, 0.3) is 0 Å². The first-order valence-corrected chi connectivity index (χ1v) is 6.61. The van der Waals surface area contributed by atoms with Crippen LogP contribution in [-0.4, -0.2) is 17.7 Å². The Morgan fingerprint density at radius 3 is 2.68 bits per heavy atom. The fourth-order valence-electron chi connectivity index (χ4n) is 1.45. The summed E-state index contributed by atoms with van der Waals surface area (Å²) in [4.78, 5) is 21.5. The van der Waals surface area contributed by atoms with Gasteiger partial charge in [0.2, 0.25) is 5.91 Å². The van der Waals surface area contributed by atoms with Crippen LogP contribution in [0.5, 0.6) is 0 Å². The number of amides is 3. The lowest BCUT2D eigenvalue weighted by molar-refractivity contribution is -0.119. The van der Waals surface area contributed by atoms with E-state index in [2.05, 4.69) is 0 Å². The van der Waals surface area contributed by atoms with Gasteiger partial charge in [0.05, 0.1) is 0 Å². The SMILES string of the molecule is C[C@@H](SCCC(=O)NC(N)=O)c1ccc(F)cc1F. The third-order valence-electron chi connectivity index (χ3n) is 2.36. The summed E-state index contributed by atoms with van der Waals surface area (Å²) in [6.07, 6.45) is 0.0980. The van der Waals surface area contributed by atoms with E-state index in [0.717, 1.165) is 6.07 Å². The molecule has 0 aliphatic carbocycles. The molecule has 0 saturated carbocycles. The third-order valence-corrected chi connectivity index (χ3v) is 3.55. The molecule has 3 N–H and O–H groups in total. The van der Waals surface area contributed by atoms with Crippen LogP contribution in [0.4, 0.5) is 13.6 Å². The number of nitrogens with two attached hydrogens (primary N) is 1. The van der Waals surface area contributed by atoms with Crippen LogP contribution in [0, 0.1) is 11.6 Å². The Bertz CT molecular complexity index is 483. The number of thioether (sulfide) groups is 1. The first kappa shape index (κ1) is 15.4. The molecule has 0 aliphatic heterocycles. The summed E-state index contributed by atoms with van der Waals surface area (Å²) in [5, 5.41) is 1.72. The van der Waals surface area contributed by atoms with Crippen LogP contribution >= 0.6 is 11.8 Å². The molecule has 1 atom stereocenters. The molecule has 0 bridgehead atoms. The second kappa shape index (κ2) is 7.08. The number of urea groups is 1. The number of nitrogens with one attached hydrogen (secondary N) is 1. The van der Waals surface area contributed by atoms with E-state index in [1.807, 2.05) is 5.32 Å². The minimum atomic E-state index is -0.896. The maximum atomic E-state index is 13.5. The summed E-state index contributed by atoms with van der Waals surface area (Å²) >= 11 is 1.33. The van der Waals surface area contributed by atoms with Crippen molar-refractivity contribution in [2.45, 2.75) is 18.6 Å². The molecular weight excluding hydrogens is 274 g/mol. The molecule has 0 radical (unpaired) electrons. The van der Waals surface area contributed by atoms with E-state index in [0.29, 0.717) is 11.3 Å². The number of hydrogen-bond acceptors (Lipinski definition) is 3. The van der Waals surface area contributed by atoms with Crippen LogP contribution in [-0.2, 0) is 4.79 Å². The highest BCUT2D eigenvalue weighted by molar-refractivity contribution is 7.99. The van der Waals surface area contributed by atoms with Gasteiger partial charge >= 0.3 is 6.03 Å². The summed E-state index contributed by atoms with van der Waals surface area (Å²) in [6, 6.07) is 2.50. The molecule has 3 amide bonds. The van der Waals surface area contributed by atoms with Crippen molar-refractivity contribution in [3.63, 3.8) is 0 Å². The van der Waals surface area contributed by atoms with Crippen molar-refractivity contribution in [1.29, 1.82) is 0 Å². The van der Waals surface area contributed by atoms with Crippen molar-refractivity contribution in [1.82, 2.24) is 5.32 Å². The maximum absolute atomic E-state index is 13.5. The molecule has 104 valence electrons. The lowest BCUT2D eigenvalue weighted by Gasteiger charge is -2.12. The topological polar surface area (TPSA) is 72.2 Å². The highest BCUT2D eigenvalue weighted by Crippen LogP contribution is 2.30. The quantitative estimate of drug-likeness (QED) is 0.873. The maximum Gasteiger partial charge on any atom is 0.318 e. The van der Waals surface area contributed by atoms with Gasteiger partial charge in [-0.25, -0.2) is 13.6 Å². The Labute approximate surface area is 113 Å². The van der Waals surface area contributed by atoms with Crippen LogP contribution < -0.4 is 11.1 Å². The monoisotopic (exact) mass is 288 g/mol. The minimum Gasteiger partial charge on any atom is -0.351 e. The van der Waals surface area contributed by atoms with Gasteiger partial charge in [0.15, 0.2) is 0 Å². The fourth-order valence-corrected chi connectivity index (χ4v) is 2.48. The van der Waals surface area contributed by atoms with Crippen LogP contribution in [0.1, 0.15) is 24.2 Å². The van der Waals surface area contributed by atoms with Gasteiger partial charge < -0.3 is 5.73 Å². The molecule has 0 spiro atoms. The van der Waals surface area contributed by atoms with E-state index in [1.165, 1.54) is 23.9 Å². The number of rotatable bonds is 5. The molecule has 0 heterocycles. The van der Waals surface area contributed by atoms with Gasteiger partial charge in [0.25, 0.3) is 0 Å². The summed E-state index contributed by atoms with van der Waals surface area (Å²) in [5.74, 6) is -1.32. The highest BCUT2D eigenvalue weighted by atomic mass is 32.2. The van der Waals surface area contributed by atoms with Crippen molar-refractivity contribution >= 4 is 23.7 Å². The van der Waals surface area contributed by atoms with Gasteiger partial charge in [-0.2, -0.15) is 11.8 Å². The van der Waals surface area contributed by atoms with Crippen molar-refractivity contribution in [3.8, 4) is 0 Å². The number of hydrogen-bond donors (Lipinski definition) is 2. The van der Waals surface area contributed by atoms with E-state index in [9.17, 15) is 18.4 Å². The zero-order chi connectivity index (χ0) is 14.4. The van der Waals surface area contributed by atoms with Gasteiger partial charge in [-0.3, -0.25) is 10.1 Å². The molecule has 7 heteroatoms. The number of carbonyl (C=O) groups is 2. The Kier molecular flexibility index (Phi) is 5.75. The van der Waals surface area contributed by atoms with Crippen molar-refractivity contribution in [2.75, 3.05) is 5.75 Å². The summed E-state index contributed by atoms with van der Waals surface area (Å²) in [5.41, 5.74) is 5.16. The molecule has 1 rings (SSSR count). The largest absolute Gasteiger partial charge is 0.351 e. The van der Waals surface area contributed by atoms with E-state index < -0.39 is 23.6 Å². The molecule has 0 aromatic heterocycles. The Balaban J connectivity index is 2.45. The Morgan fingerprint density at radius 2 is 2.11 bits per heavy atom. The lowest BCUT2D eigenvalue weighted by Crippen LogP contribution is -2.35. The zero-order valence-electron chi connectivity index (χ0n) is 10.3. The standard InChI is InChI=1S/C12H14F2N2O2S/c1-7(9-3-2-8(13)6-10(9)14)19-5-4-11(17)16-12(15)18/h2-3,6-7H,4-5H2,1H3,(H3,15,16,17,18)/t7-/m1/s1. The van der Waals surface area contributed by atoms with Gasteiger partial charge in [0, 0.05) is 29.1 Å². The molecule has 1 aromatic rings. The van der Waals surface area contributed by atoms with Crippen LogP contribution in [0.3, 0.4) is 0 Å². The van der Waals surface area contributed by atoms with E-state index in [-0.39, 0.29) is 11.7 Å². The smallest absolute Gasteiger partial charge is 0.318 e. The van der Waals surface area contributed by atoms with E-state index in [4.69, 9.17) is 5.73 Å². The fraction of sp³-hybridized carbons (Fsp3) is 0.333. The number of carbonyl (C=O) groups excluding carboxylic acids is 2. The van der Waals surface area contributed by atoms with Crippen LogP contribution in [0.2, 0.25) is 0 Å². The minimum absolute atomic E-state index is 0.0980. The molecular formula is C12H14F2N2O2S. The van der Waals surface area contributed by atoms with Gasteiger partial charge in [-0.1, -0.05) is 6.07 Å². The van der Waals surface area contributed by atoms with Gasteiger partial charge in [-0.15, -0.1) is 0 Å². The first-order chi connectivity index (χ1) is 8.90. The lowest BCUT2D eigenvalue weighted by atomic mass is 10.1. The summed E-state index contributed by atoms with van der Waals surface area (Å²) < 4.78 is 26.2. The average molecular weight is 288 g/mol. The third kappa shape index (κ3) is 5.25. The summed E-state index contributed by atoms with van der Waals surface area (Å²) in [6.45, 7) is 1.76. The zero-order valence-corrected chi connectivity index (χ0v) is 11.1. The van der Waals surface area contributed by atoms with Crippen molar-refractivity contribution in [2.24, 2.45) is 5.73 Å². The molecule has 1 aromatic carbocycles. The highest BCUT2D eigenvalue weighted by Gasteiger charge is 2.13. The van der Waals surface area contributed by atoms with E-state index in [1.54, 1.807) is 6.92 Å². The molecule has 0 unspecified atom stereocenters. The Hall–Kier alpha value is -1.63. The summed E-state index contributed by atoms with van der Waals surface area (Å²) in [7, 11) is 0. The average Bonchev–Trinajstić information content (AvgIpc) is 2.27. The Morgan fingerprint density at radius 1 is 1.42 bits per heavy atom. The van der Waals surface area contributed by atoms with Crippen LogP contribution in [0.15, 0.2) is 18.2 Å². The molecule has 0 saturated heterocycles.